The van der Waals surface area contributed by atoms with Crippen LogP contribution in [0.25, 0.3) is 0 Å². The van der Waals surface area contributed by atoms with Gasteiger partial charge in [0.15, 0.2) is 11.0 Å². The van der Waals surface area contributed by atoms with Crippen molar-refractivity contribution in [2.75, 3.05) is 11.1 Å². The van der Waals surface area contributed by atoms with E-state index >= 15 is 0 Å². The Hall–Kier alpha value is -3.58. The quantitative estimate of drug-likeness (QED) is 0.323. The Bertz CT molecular complexity index is 1270. The van der Waals surface area contributed by atoms with Crippen LogP contribution in [-0.2, 0) is 17.9 Å². The first kappa shape index (κ1) is 23.6. The number of para-hydroxylation sites is 1. The third-order valence-electron chi connectivity index (χ3n) is 5.42. The number of amides is 1. The summed E-state index contributed by atoms with van der Waals surface area (Å²) in [6.45, 7) is 6.93. The first-order chi connectivity index (χ1) is 16.5. The van der Waals surface area contributed by atoms with E-state index in [-0.39, 0.29) is 11.7 Å². The fourth-order valence-electron chi connectivity index (χ4n) is 3.59. The zero-order valence-corrected chi connectivity index (χ0v) is 20.4. The highest BCUT2D eigenvalue weighted by molar-refractivity contribution is 7.99. The summed E-state index contributed by atoms with van der Waals surface area (Å²) >= 11 is 1.37. The number of hydrogen-bond acceptors (Lipinski definition) is 5. The molecule has 7 heteroatoms. The molecule has 34 heavy (non-hydrogen) atoms. The van der Waals surface area contributed by atoms with Crippen LogP contribution in [0.2, 0.25) is 0 Å². The van der Waals surface area contributed by atoms with Gasteiger partial charge in [-0.05, 0) is 49.6 Å². The summed E-state index contributed by atoms with van der Waals surface area (Å²) < 4.78 is 8.05. The van der Waals surface area contributed by atoms with Crippen molar-refractivity contribution in [2.24, 2.45) is 0 Å². The van der Waals surface area contributed by atoms with Crippen LogP contribution in [-0.4, -0.2) is 26.4 Å². The van der Waals surface area contributed by atoms with E-state index in [0.29, 0.717) is 24.1 Å². The number of aromatic nitrogens is 3. The third-order valence-corrected chi connectivity index (χ3v) is 6.38. The van der Waals surface area contributed by atoms with Gasteiger partial charge >= 0.3 is 0 Å². The van der Waals surface area contributed by atoms with Gasteiger partial charge in [0.1, 0.15) is 12.4 Å². The van der Waals surface area contributed by atoms with E-state index in [0.717, 1.165) is 28.1 Å². The number of hydrogen-bond donors (Lipinski definition) is 1. The standard InChI is InChI=1S/C27H28N4O2S/c1-19-13-14-23(21(3)15-19)28-26(32)18-34-27-30-29-25(17-33-24-12-8-7-9-20(24)2)31(27)16-22-10-5-4-6-11-22/h4-15H,16-18H2,1-3H3,(H,28,32). The molecule has 1 N–H and O–H groups in total. The van der Waals surface area contributed by atoms with Crippen molar-refractivity contribution in [3.05, 3.63) is 101 Å². The van der Waals surface area contributed by atoms with Gasteiger partial charge in [0.05, 0.1) is 12.3 Å². The Morgan fingerprint density at radius 3 is 2.47 bits per heavy atom. The van der Waals surface area contributed by atoms with Crippen LogP contribution in [0.4, 0.5) is 5.69 Å². The summed E-state index contributed by atoms with van der Waals surface area (Å²) in [5, 5.41) is 12.4. The summed E-state index contributed by atoms with van der Waals surface area (Å²) in [5.41, 5.74) is 5.23. The number of nitrogens with zero attached hydrogens (tertiary/aromatic N) is 3. The highest BCUT2D eigenvalue weighted by atomic mass is 32.2. The van der Waals surface area contributed by atoms with Crippen molar-refractivity contribution in [2.45, 2.75) is 39.1 Å². The molecule has 0 aliphatic carbocycles. The Balaban J connectivity index is 1.48. The molecule has 0 aliphatic heterocycles. The number of aryl methyl sites for hydroxylation is 3. The molecule has 0 fully saturated rings. The van der Waals surface area contributed by atoms with Crippen molar-refractivity contribution in [1.29, 1.82) is 0 Å². The summed E-state index contributed by atoms with van der Waals surface area (Å²) in [6.07, 6.45) is 0. The van der Waals surface area contributed by atoms with Crippen LogP contribution in [0, 0.1) is 20.8 Å². The first-order valence-corrected chi connectivity index (χ1v) is 12.1. The van der Waals surface area contributed by atoms with Crippen molar-refractivity contribution < 1.29 is 9.53 Å². The fraction of sp³-hybridized carbons (Fsp3) is 0.222. The number of carbonyl (C=O) groups excluding carboxylic acids is 1. The summed E-state index contributed by atoms with van der Waals surface area (Å²) in [4.78, 5) is 12.6. The van der Waals surface area contributed by atoms with Crippen LogP contribution in [0.1, 0.15) is 28.1 Å². The lowest BCUT2D eigenvalue weighted by atomic mass is 10.1. The van der Waals surface area contributed by atoms with E-state index in [9.17, 15) is 4.79 Å². The SMILES string of the molecule is Cc1ccc(NC(=O)CSc2nnc(COc3ccccc3C)n2Cc2ccccc2)c(C)c1. The van der Waals surface area contributed by atoms with Crippen molar-refractivity contribution in [1.82, 2.24) is 14.8 Å². The minimum atomic E-state index is -0.0797. The molecule has 0 aliphatic rings. The molecule has 1 aromatic heterocycles. The zero-order chi connectivity index (χ0) is 23.9. The molecule has 0 saturated heterocycles. The van der Waals surface area contributed by atoms with E-state index in [2.05, 4.69) is 33.7 Å². The van der Waals surface area contributed by atoms with Crippen LogP contribution in [0.15, 0.2) is 78.0 Å². The van der Waals surface area contributed by atoms with Gasteiger partial charge in [-0.15, -0.1) is 10.2 Å². The van der Waals surface area contributed by atoms with E-state index in [1.54, 1.807) is 0 Å². The molecular weight excluding hydrogens is 444 g/mol. The van der Waals surface area contributed by atoms with E-state index in [4.69, 9.17) is 4.74 Å². The number of carbonyl (C=O) groups is 1. The fourth-order valence-corrected chi connectivity index (χ4v) is 4.34. The molecule has 0 spiro atoms. The summed E-state index contributed by atoms with van der Waals surface area (Å²) in [5.74, 6) is 1.69. The normalized spacial score (nSPS) is 10.8. The molecule has 174 valence electrons. The molecule has 1 heterocycles. The largest absolute Gasteiger partial charge is 0.485 e. The predicted octanol–water partition coefficient (Wildman–Crippen LogP) is 5.56. The summed E-state index contributed by atoms with van der Waals surface area (Å²) in [6, 6.07) is 24.0. The molecule has 0 bridgehead atoms. The lowest BCUT2D eigenvalue weighted by Crippen LogP contribution is -2.16. The molecule has 0 unspecified atom stereocenters. The predicted molar refractivity (Wildman–Crippen MR) is 136 cm³/mol. The van der Waals surface area contributed by atoms with Crippen molar-refractivity contribution >= 4 is 23.4 Å². The number of rotatable bonds is 9. The highest BCUT2D eigenvalue weighted by Gasteiger charge is 2.16. The van der Waals surface area contributed by atoms with Gasteiger partial charge in [-0.1, -0.05) is 78.0 Å². The minimum absolute atomic E-state index is 0.0797. The second kappa shape index (κ2) is 11.0. The lowest BCUT2D eigenvalue weighted by molar-refractivity contribution is -0.113. The second-order valence-electron chi connectivity index (χ2n) is 8.18. The van der Waals surface area contributed by atoms with Crippen molar-refractivity contribution in [3.8, 4) is 5.75 Å². The smallest absolute Gasteiger partial charge is 0.234 e. The summed E-state index contributed by atoms with van der Waals surface area (Å²) in [7, 11) is 0. The van der Waals surface area contributed by atoms with Gasteiger partial charge in [0.25, 0.3) is 0 Å². The molecule has 6 nitrogen and oxygen atoms in total. The lowest BCUT2D eigenvalue weighted by Gasteiger charge is -2.12. The number of benzene rings is 3. The van der Waals surface area contributed by atoms with E-state index < -0.39 is 0 Å². The number of nitrogens with one attached hydrogen (secondary N) is 1. The second-order valence-corrected chi connectivity index (χ2v) is 9.12. The van der Waals surface area contributed by atoms with Gasteiger partial charge in [0, 0.05) is 5.69 Å². The molecule has 0 saturated carbocycles. The molecule has 1 amide bonds. The average molecular weight is 473 g/mol. The number of ether oxygens (including phenoxy) is 1. The van der Waals surface area contributed by atoms with Crippen molar-refractivity contribution in [3.63, 3.8) is 0 Å². The van der Waals surface area contributed by atoms with Crippen LogP contribution in [0.3, 0.4) is 0 Å². The molecule has 0 radical (unpaired) electrons. The monoisotopic (exact) mass is 472 g/mol. The topological polar surface area (TPSA) is 69.0 Å². The van der Waals surface area contributed by atoms with Crippen LogP contribution in [0.5, 0.6) is 5.75 Å². The van der Waals surface area contributed by atoms with Gasteiger partial charge < -0.3 is 10.1 Å². The first-order valence-electron chi connectivity index (χ1n) is 11.1. The Morgan fingerprint density at radius 1 is 0.941 bits per heavy atom. The van der Waals surface area contributed by atoms with Gasteiger partial charge in [0.2, 0.25) is 5.91 Å². The minimum Gasteiger partial charge on any atom is -0.485 e. The maximum absolute atomic E-state index is 12.6. The zero-order valence-electron chi connectivity index (χ0n) is 19.6. The average Bonchev–Trinajstić information content (AvgIpc) is 3.21. The maximum Gasteiger partial charge on any atom is 0.234 e. The van der Waals surface area contributed by atoms with Gasteiger partial charge in [-0.2, -0.15) is 0 Å². The van der Waals surface area contributed by atoms with Crippen LogP contribution >= 0.6 is 11.8 Å². The number of thioether (sulfide) groups is 1. The Labute approximate surface area is 204 Å². The van der Waals surface area contributed by atoms with E-state index in [1.165, 1.54) is 17.3 Å². The maximum atomic E-state index is 12.6. The number of anilines is 1. The molecule has 4 aromatic rings. The van der Waals surface area contributed by atoms with Gasteiger partial charge in [-0.25, -0.2) is 0 Å². The third kappa shape index (κ3) is 6.05. The molecule has 4 rings (SSSR count). The molecular formula is C27H28N4O2S. The Kier molecular flexibility index (Phi) is 7.65. The highest BCUT2D eigenvalue weighted by Crippen LogP contribution is 2.23. The molecule has 0 atom stereocenters. The molecule has 3 aromatic carbocycles. The van der Waals surface area contributed by atoms with E-state index in [1.807, 2.05) is 79.9 Å². The van der Waals surface area contributed by atoms with Gasteiger partial charge in [-0.3, -0.25) is 9.36 Å². The van der Waals surface area contributed by atoms with Crippen LogP contribution < -0.4 is 10.1 Å². The Morgan fingerprint density at radius 2 is 1.71 bits per heavy atom.